The lowest BCUT2D eigenvalue weighted by Crippen LogP contribution is -2.31. The van der Waals surface area contributed by atoms with Crippen LogP contribution in [0.5, 0.6) is 0 Å². The van der Waals surface area contributed by atoms with Gasteiger partial charge in [-0.3, -0.25) is 9.69 Å². The Morgan fingerprint density at radius 2 is 2.36 bits per heavy atom. The normalized spacial score (nSPS) is 16.8. The minimum Gasteiger partial charge on any atom is -0.311 e. The molecule has 1 rings (SSSR count). The number of carbonyl (C=O) groups excluding carboxylic acids is 2. The van der Waals surface area contributed by atoms with Gasteiger partial charge in [0, 0.05) is 13.1 Å². The second kappa shape index (κ2) is 3.06. The third kappa shape index (κ3) is 1.32. The smallest absolute Gasteiger partial charge is 0.311 e. The Morgan fingerprint density at radius 1 is 1.64 bits per heavy atom. The number of amides is 3. The fourth-order valence-electron chi connectivity index (χ4n) is 0.956. The molecule has 0 atom stereocenters. The van der Waals surface area contributed by atoms with Gasteiger partial charge in [0.2, 0.25) is 6.41 Å². The van der Waals surface area contributed by atoms with Crippen LogP contribution in [0.1, 0.15) is 0 Å². The maximum atomic E-state index is 11.1. The zero-order valence-corrected chi connectivity index (χ0v) is 5.99. The van der Waals surface area contributed by atoms with Crippen molar-refractivity contribution in [1.82, 2.24) is 9.80 Å². The highest BCUT2D eigenvalue weighted by Gasteiger charge is 2.26. The standard InChI is InChI=1S/C7H8N2O2/c1-2-3-8-4-5-9(6-10)7(8)11/h1,6H,3-5H2. The molecule has 1 heterocycles. The second-order valence-electron chi connectivity index (χ2n) is 2.21. The molecule has 0 aromatic carbocycles. The van der Waals surface area contributed by atoms with E-state index in [4.69, 9.17) is 6.42 Å². The van der Waals surface area contributed by atoms with Gasteiger partial charge in [0.1, 0.15) is 0 Å². The van der Waals surface area contributed by atoms with Crippen molar-refractivity contribution in [3.05, 3.63) is 0 Å². The predicted octanol–water partition coefficient (Wildman–Crippen LogP) is -0.486. The van der Waals surface area contributed by atoms with Crippen molar-refractivity contribution < 1.29 is 9.59 Å². The van der Waals surface area contributed by atoms with Crippen molar-refractivity contribution in [3.63, 3.8) is 0 Å². The SMILES string of the molecule is C#CCN1CCN(C=O)C1=O. The highest BCUT2D eigenvalue weighted by Crippen LogP contribution is 2.04. The fraction of sp³-hybridized carbons (Fsp3) is 0.429. The average molecular weight is 152 g/mol. The first-order valence-electron chi connectivity index (χ1n) is 3.24. The molecule has 0 aliphatic carbocycles. The van der Waals surface area contributed by atoms with Gasteiger partial charge in [0.05, 0.1) is 6.54 Å². The third-order valence-electron chi connectivity index (χ3n) is 1.54. The highest BCUT2D eigenvalue weighted by molar-refractivity contribution is 5.86. The zero-order chi connectivity index (χ0) is 8.27. The van der Waals surface area contributed by atoms with Crippen molar-refractivity contribution in [3.8, 4) is 12.3 Å². The van der Waals surface area contributed by atoms with Crippen LogP contribution in [0.25, 0.3) is 0 Å². The molecule has 4 heteroatoms. The molecule has 0 aromatic rings. The molecule has 3 amide bonds. The van der Waals surface area contributed by atoms with Crippen molar-refractivity contribution in [2.75, 3.05) is 19.6 Å². The van der Waals surface area contributed by atoms with Gasteiger partial charge in [0.25, 0.3) is 0 Å². The summed E-state index contributed by atoms with van der Waals surface area (Å²) in [6.07, 6.45) is 5.53. The van der Waals surface area contributed by atoms with Gasteiger partial charge in [0.15, 0.2) is 0 Å². The van der Waals surface area contributed by atoms with E-state index in [1.54, 1.807) is 0 Å². The summed E-state index contributed by atoms with van der Waals surface area (Å²) in [5, 5.41) is 0. The molecule has 1 fully saturated rings. The molecule has 0 spiro atoms. The lowest BCUT2D eigenvalue weighted by molar-refractivity contribution is -0.115. The summed E-state index contributed by atoms with van der Waals surface area (Å²) in [6, 6.07) is -0.294. The van der Waals surface area contributed by atoms with E-state index < -0.39 is 0 Å². The van der Waals surface area contributed by atoms with Crippen LogP contribution in [-0.2, 0) is 4.79 Å². The van der Waals surface area contributed by atoms with E-state index in [2.05, 4.69) is 5.92 Å². The first-order chi connectivity index (χ1) is 5.29. The summed E-state index contributed by atoms with van der Waals surface area (Å²) in [5.41, 5.74) is 0. The van der Waals surface area contributed by atoms with E-state index in [-0.39, 0.29) is 12.6 Å². The molecule has 1 saturated heterocycles. The van der Waals surface area contributed by atoms with E-state index in [0.29, 0.717) is 19.5 Å². The highest BCUT2D eigenvalue weighted by atomic mass is 16.2. The molecule has 0 unspecified atom stereocenters. The van der Waals surface area contributed by atoms with Crippen LogP contribution in [0.4, 0.5) is 4.79 Å². The minimum absolute atomic E-state index is 0.281. The molecule has 1 aliphatic rings. The van der Waals surface area contributed by atoms with Crippen molar-refractivity contribution in [1.29, 1.82) is 0 Å². The Morgan fingerprint density at radius 3 is 2.82 bits per heavy atom. The number of rotatable bonds is 2. The lowest BCUT2D eigenvalue weighted by Gasteiger charge is -2.10. The molecule has 0 bridgehead atoms. The van der Waals surface area contributed by atoms with Gasteiger partial charge in [-0.2, -0.15) is 0 Å². The lowest BCUT2D eigenvalue weighted by atomic mass is 10.5. The minimum atomic E-state index is -0.294. The Bertz CT molecular complexity index is 219. The summed E-state index contributed by atoms with van der Waals surface area (Å²) >= 11 is 0. The van der Waals surface area contributed by atoms with Crippen LogP contribution in [0.2, 0.25) is 0 Å². The zero-order valence-electron chi connectivity index (χ0n) is 5.99. The first kappa shape index (κ1) is 7.61. The van der Waals surface area contributed by atoms with Crippen LogP contribution in [-0.4, -0.2) is 41.9 Å². The summed E-state index contributed by atoms with van der Waals surface area (Å²) in [4.78, 5) is 23.8. The Hall–Kier alpha value is -1.50. The van der Waals surface area contributed by atoms with Gasteiger partial charge in [-0.05, 0) is 0 Å². The molecule has 11 heavy (non-hydrogen) atoms. The Kier molecular flexibility index (Phi) is 2.12. The Balaban J connectivity index is 2.57. The van der Waals surface area contributed by atoms with Crippen molar-refractivity contribution in [2.45, 2.75) is 0 Å². The summed E-state index contributed by atoms with van der Waals surface area (Å²) < 4.78 is 0. The van der Waals surface area contributed by atoms with Crippen LogP contribution in [0, 0.1) is 12.3 Å². The quantitative estimate of drug-likeness (QED) is 0.396. The van der Waals surface area contributed by atoms with Crippen LogP contribution in [0.3, 0.4) is 0 Å². The maximum absolute atomic E-state index is 11.1. The van der Waals surface area contributed by atoms with Crippen molar-refractivity contribution in [2.24, 2.45) is 0 Å². The number of urea groups is 1. The number of carbonyl (C=O) groups is 2. The van der Waals surface area contributed by atoms with E-state index >= 15 is 0 Å². The van der Waals surface area contributed by atoms with E-state index in [9.17, 15) is 9.59 Å². The van der Waals surface area contributed by atoms with E-state index in [1.165, 1.54) is 4.90 Å². The number of hydrogen-bond acceptors (Lipinski definition) is 2. The van der Waals surface area contributed by atoms with Gasteiger partial charge in [-0.1, -0.05) is 5.92 Å². The summed E-state index contributed by atoms with van der Waals surface area (Å²) in [6.45, 7) is 1.27. The van der Waals surface area contributed by atoms with Crippen LogP contribution < -0.4 is 0 Å². The monoisotopic (exact) mass is 152 g/mol. The predicted molar refractivity (Wildman–Crippen MR) is 38.6 cm³/mol. The molecular formula is C7H8N2O2. The molecule has 58 valence electrons. The molecule has 4 nitrogen and oxygen atoms in total. The largest absolute Gasteiger partial charge is 0.327 e. The topological polar surface area (TPSA) is 40.6 Å². The molecular weight excluding hydrogens is 144 g/mol. The number of hydrogen-bond donors (Lipinski definition) is 0. The number of nitrogens with zero attached hydrogens (tertiary/aromatic N) is 2. The number of imide groups is 1. The molecule has 1 aliphatic heterocycles. The molecule has 0 aromatic heterocycles. The van der Waals surface area contributed by atoms with Gasteiger partial charge in [-0.25, -0.2) is 4.79 Å². The molecule has 0 N–H and O–H groups in total. The van der Waals surface area contributed by atoms with Crippen LogP contribution >= 0.6 is 0 Å². The number of terminal acetylenes is 1. The van der Waals surface area contributed by atoms with E-state index in [0.717, 1.165) is 4.90 Å². The summed E-state index contributed by atoms with van der Waals surface area (Å²) in [5.74, 6) is 2.35. The third-order valence-corrected chi connectivity index (χ3v) is 1.54. The van der Waals surface area contributed by atoms with Crippen LogP contribution in [0.15, 0.2) is 0 Å². The second-order valence-corrected chi connectivity index (χ2v) is 2.21. The Labute approximate surface area is 64.8 Å². The average Bonchev–Trinajstić information content (AvgIpc) is 2.34. The van der Waals surface area contributed by atoms with Gasteiger partial charge in [-0.15, -0.1) is 6.42 Å². The first-order valence-corrected chi connectivity index (χ1v) is 3.24. The van der Waals surface area contributed by atoms with Gasteiger partial charge < -0.3 is 4.90 Å². The maximum Gasteiger partial charge on any atom is 0.327 e. The van der Waals surface area contributed by atoms with E-state index in [1.807, 2.05) is 0 Å². The summed E-state index contributed by atoms with van der Waals surface area (Å²) in [7, 11) is 0. The van der Waals surface area contributed by atoms with Gasteiger partial charge >= 0.3 is 6.03 Å². The molecule has 0 saturated carbocycles. The fourth-order valence-corrected chi connectivity index (χ4v) is 0.956. The molecule has 0 radical (unpaired) electrons. The van der Waals surface area contributed by atoms with Crippen molar-refractivity contribution >= 4 is 12.4 Å².